The lowest BCUT2D eigenvalue weighted by molar-refractivity contribution is 0.264. The van der Waals surface area contributed by atoms with Crippen LogP contribution in [0.2, 0.25) is 0 Å². The van der Waals surface area contributed by atoms with Gasteiger partial charge in [-0.25, -0.2) is 4.98 Å². The van der Waals surface area contributed by atoms with Crippen LogP contribution in [0.1, 0.15) is 11.6 Å². The molecule has 0 aliphatic heterocycles. The molecular weight excluding hydrogens is 278 g/mol. The lowest BCUT2D eigenvalue weighted by Crippen LogP contribution is -2.28. The van der Waals surface area contributed by atoms with E-state index < -0.39 is 0 Å². The number of nitrogen functional groups attached to an aromatic ring is 1. The van der Waals surface area contributed by atoms with Crippen molar-refractivity contribution in [2.75, 3.05) is 24.3 Å². The Labute approximate surface area is 128 Å². The van der Waals surface area contributed by atoms with Gasteiger partial charge in [-0.2, -0.15) is 4.98 Å². The Morgan fingerprint density at radius 2 is 1.91 bits per heavy atom. The number of hydrogen-bond acceptors (Lipinski definition) is 6. The van der Waals surface area contributed by atoms with Crippen molar-refractivity contribution in [1.82, 2.24) is 15.0 Å². The molecule has 1 atom stereocenters. The van der Waals surface area contributed by atoms with Gasteiger partial charge >= 0.3 is 0 Å². The van der Waals surface area contributed by atoms with Crippen LogP contribution in [0.5, 0.6) is 0 Å². The van der Waals surface area contributed by atoms with Crippen molar-refractivity contribution in [3.8, 4) is 0 Å². The van der Waals surface area contributed by atoms with E-state index in [-0.39, 0.29) is 18.6 Å². The number of nitrogens with two attached hydrogens (primary N) is 1. The Hall–Kier alpha value is -2.73. The molecule has 0 saturated heterocycles. The van der Waals surface area contributed by atoms with E-state index in [1.165, 1.54) is 0 Å². The summed E-state index contributed by atoms with van der Waals surface area (Å²) in [7, 11) is 1.86. The molecule has 0 bridgehead atoms. The molecule has 3 N–H and O–H groups in total. The minimum absolute atomic E-state index is 0.0429. The Balaban J connectivity index is 2.09. The molecule has 1 aromatic carbocycles. The number of benzene rings is 1. The highest BCUT2D eigenvalue weighted by Crippen LogP contribution is 2.28. The Bertz CT molecular complexity index is 778. The molecule has 6 nitrogen and oxygen atoms in total. The van der Waals surface area contributed by atoms with Crippen LogP contribution < -0.4 is 10.6 Å². The molecule has 2 heterocycles. The largest absolute Gasteiger partial charge is 0.394 e. The van der Waals surface area contributed by atoms with Crippen molar-refractivity contribution in [3.63, 3.8) is 0 Å². The number of pyridine rings is 1. The third-order valence-corrected chi connectivity index (χ3v) is 3.61. The first kappa shape index (κ1) is 14.2. The average molecular weight is 295 g/mol. The van der Waals surface area contributed by atoms with E-state index in [2.05, 4.69) is 15.0 Å². The van der Waals surface area contributed by atoms with Gasteiger partial charge in [0.25, 0.3) is 0 Å². The number of nitrogens with zero attached hydrogens (tertiary/aromatic N) is 4. The van der Waals surface area contributed by atoms with Crippen LogP contribution in [0, 0.1) is 0 Å². The van der Waals surface area contributed by atoms with Crippen LogP contribution in [0.25, 0.3) is 11.0 Å². The monoisotopic (exact) mass is 295 g/mol. The first-order chi connectivity index (χ1) is 10.7. The summed E-state index contributed by atoms with van der Waals surface area (Å²) >= 11 is 0. The minimum atomic E-state index is -0.235. The number of likely N-dealkylation sites (N-methyl/N-ethyl adjacent to an activating group) is 1. The Morgan fingerprint density at radius 3 is 2.64 bits per heavy atom. The van der Waals surface area contributed by atoms with Gasteiger partial charge in [-0.3, -0.25) is 4.98 Å². The maximum absolute atomic E-state index is 9.82. The quantitative estimate of drug-likeness (QED) is 0.762. The molecule has 112 valence electrons. The van der Waals surface area contributed by atoms with Crippen molar-refractivity contribution in [3.05, 3.63) is 54.2 Å². The summed E-state index contributed by atoms with van der Waals surface area (Å²) in [5.74, 6) is 0.790. The minimum Gasteiger partial charge on any atom is -0.394 e. The molecule has 3 rings (SSSR count). The predicted octanol–water partition coefficient (Wildman–Crippen LogP) is 1.78. The van der Waals surface area contributed by atoms with Crippen LogP contribution in [-0.4, -0.2) is 33.7 Å². The maximum Gasteiger partial charge on any atom is 0.222 e. The van der Waals surface area contributed by atoms with E-state index in [9.17, 15) is 5.11 Å². The summed E-state index contributed by atoms with van der Waals surface area (Å²) in [6.45, 7) is -0.0429. The molecule has 0 saturated carbocycles. The third-order valence-electron chi connectivity index (χ3n) is 3.61. The molecule has 22 heavy (non-hydrogen) atoms. The predicted molar refractivity (Wildman–Crippen MR) is 86.4 cm³/mol. The van der Waals surface area contributed by atoms with Crippen molar-refractivity contribution >= 4 is 22.8 Å². The van der Waals surface area contributed by atoms with Gasteiger partial charge in [0.05, 0.1) is 18.2 Å². The van der Waals surface area contributed by atoms with E-state index >= 15 is 0 Å². The molecule has 1 unspecified atom stereocenters. The normalized spacial score (nSPS) is 12.3. The van der Waals surface area contributed by atoms with E-state index in [0.29, 0.717) is 16.9 Å². The van der Waals surface area contributed by atoms with E-state index in [1.54, 1.807) is 12.3 Å². The van der Waals surface area contributed by atoms with Crippen LogP contribution in [-0.2, 0) is 0 Å². The summed E-state index contributed by atoms with van der Waals surface area (Å²) < 4.78 is 0. The number of fused-ring (bicyclic) bond motifs is 1. The molecule has 3 aromatic rings. The van der Waals surface area contributed by atoms with E-state index in [0.717, 1.165) is 5.56 Å². The van der Waals surface area contributed by atoms with Crippen molar-refractivity contribution in [2.45, 2.75) is 6.04 Å². The second kappa shape index (κ2) is 5.95. The molecule has 0 radical (unpaired) electrons. The number of hydrogen-bond donors (Lipinski definition) is 2. The number of aromatic nitrogens is 3. The molecule has 0 aliphatic rings. The molecule has 0 aliphatic carbocycles. The maximum atomic E-state index is 9.82. The smallest absolute Gasteiger partial charge is 0.222 e. The van der Waals surface area contributed by atoms with Gasteiger partial charge in [0.1, 0.15) is 5.52 Å². The summed E-state index contributed by atoms with van der Waals surface area (Å²) in [6, 6.07) is 13.2. The molecule has 6 heteroatoms. The fourth-order valence-corrected chi connectivity index (χ4v) is 2.49. The van der Waals surface area contributed by atoms with E-state index in [1.807, 2.05) is 48.3 Å². The summed E-state index contributed by atoms with van der Waals surface area (Å²) in [5, 5.41) is 9.82. The third kappa shape index (κ3) is 2.56. The molecule has 0 fully saturated rings. The van der Waals surface area contributed by atoms with Gasteiger partial charge in [-0.05, 0) is 17.7 Å². The summed E-state index contributed by atoms with van der Waals surface area (Å²) in [5.41, 5.74) is 8.14. The Morgan fingerprint density at radius 1 is 1.14 bits per heavy atom. The second-order valence-corrected chi connectivity index (χ2v) is 5.00. The van der Waals surface area contributed by atoms with Gasteiger partial charge < -0.3 is 15.7 Å². The van der Waals surface area contributed by atoms with Crippen LogP contribution in [0.15, 0.2) is 48.7 Å². The fraction of sp³-hybridized carbons (Fsp3) is 0.188. The first-order valence-electron chi connectivity index (χ1n) is 6.97. The second-order valence-electron chi connectivity index (χ2n) is 5.00. The molecular formula is C16H17N5O. The van der Waals surface area contributed by atoms with Gasteiger partial charge in [0.15, 0.2) is 5.82 Å². The van der Waals surface area contributed by atoms with Crippen LogP contribution in [0.4, 0.5) is 11.8 Å². The Kier molecular flexibility index (Phi) is 3.84. The highest BCUT2D eigenvalue weighted by atomic mass is 16.3. The number of anilines is 2. The van der Waals surface area contributed by atoms with E-state index in [4.69, 9.17) is 5.73 Å². The molecule has 0 spiro atoms. The zero-order chi connectivity index (χ0) is 15.5. The van der Waals surface area contributed by atoms with Crippen molar-refractivity contribution < 1.29 is 5.11 Å². The summed E-state index contributed by atoms with van der Waals surface area (Å²) in [4.78, 5) is 14.7. The lowest BCUT2D eigenvalue weighted by atomic mass is 10.1. The highest BCUT2D eigenvalue weighted by molar-refractivity contribution is 5.86. The number of aliphatic hydroxyl groups excluding tert-OH is 1. The molecule has 2 aromatic heterocycles. The number of aliphatic hydroxyl groups is 1. The SMILES string of the molecule is CN(c1nc(N)nc2cccnc12)C(CO)c1ccccc1. The van der Waals surface area contributed by atoms with Crippen LogP contribution >= 0.6 is 0 Å². The first-order valence-corrected chi connectivity index (χ1v) is 6.97. The van der Waals surface area contributed by atoms with Gasteiger partial charge in [-0.15, -0.1) is 0 Å². The highest BCUT2D eigenvalue weighted by Gasteiger charge is 2.20. The average Bonchev–Trinajstić information content (AvgIpc) is 2.55. The summed E-state index contributed by atoms with van der Waals surface area (Å²) in [6.07, 6.45) is 1.69. The van der Waals surface area contributed by atoms with Gasteiger partial charge in [0.2, 0.25) is 5.95 Å². The van der Waals surface area contributed by atoms with Crippen molar-refractivity contribution in [1.29, 1.82) is 0 Å². The van der Waals surface area contributed by atoms with Gasteiger partial charge in [-0.1, -0.05) is 30.3 Å². The van der Waals surface area contributed by atoms with Crippen molar-refractivity contribution in [2.24, 2.45) is 0 Å². The standard InChI is InChI=1S/C16H17N5O/c1-21(13(10-22)11-6-3-2-4-7-11)15-14-12(8-5-9-18-14)19-16(17)20-15/h2-9,13,22H,10H2,1H3,(H2,17,19,20). The van der Waals surface area contributed by atoms with Crippen LogP contribution in [0.3, 0.4) is 0 Å². The zero-order valence-corrected chi connectivity index (χ0v) is 12.2. The molecule has 0 amide bonds. The fourth-order valence-electron chi connectivity index (χ4n) is 2.49. The topological polar surface area (TPSA) is 88.2 Å². The zero-order valence-electron chi connectivity index (χ0n) is 12.2. The number of rotatable bonds is 4. The van der Waals surface area contributed by atoms with Gasteiger partial charge in [0, 0.05) is 13.2 Å². The lowest BCUT2D eigenvalue weighted by Gasteiger charge is -2.28.